The van der Waals surface area contributed by atoms with Gasteiger partial charge in [-0.25, -0.2) is 0 Å². The monoisotopic (exact) mass is 212 g/mol. The van der Waals surface area contributed by atoms with Gasteiger partial charge in [0.15, 0.2) is 0 Å². The molecule has 2 rings (SSSR count). The van der Waals surface area contributed by atoms with Crippen LogP contribution in [0.25, 0.3) is 0 Å². The van der Waals surface area contributed by atoms with Crippen LogP contribution in [0.5, 0.6) is 0 Å². The highest BCUT2D eigenvalue weighted by atomic mass is 16.3. The highest BCUT2D eigenvalue weighted by molar-refractivity contribution is 5.87. The Morgan fingerprint density at radius 3 is 2.47 bits per heavy atom. The fourth-order valence-corrected chi connectivity index (χ4v) is 2.81. The minimum Gasteiger partial charge on any atom is -0.393 e. The maximum atomic E-state index is 12.2. The number of nitrogens with zero attached hydrogens (tertiary/aromatic N) is 2. The highest BCUT2D eigenvalue weighted by Gasteiger charge is 2.48. The summed E-state index contributed by atoms with van der Waals surface area (Å²) in [5, 5.41) is 9.52. The molecule has 0 radical (unpaired) electrons. The topological polar surface area (TPSA) is 43.8 Å². The fraction of sp³-hybridized carbons (Fsp3) is 0.909. The molecule has 2 fully saturated rings. The molecule has 4 nitrogen and oxygen atoms in total. The third-order valence-electron chi connectivity index (χ3n) is 4.03. The van der Waals surface area contributed by atoms with Crippen LogP contribution >= 0.6 is 0 Å². The van der Waals surface area contributed by atoms with Gasteiger partial charge in [-0.2, -0.15) is 0 Å². The fourth-order valence-electron chi connectivity index (χ4n) is 2.81. The zero-order valence-corrected chi connectivity index (χ0v) is 9.57. The molecule has 86 valence electrons. The van der Waals surface area contributed by atoms with E-state index in [1.807, 2.05) is 19.0 Å². The zero-order valence-electron chi connectivity index (χ0n) is 9.57. The van der Waals surface area contributed by atoms with Crippen molar-refractivity contribution < 1.29 is 9.90 Å². The maximum Gasteiger partial charge on any atom is 0.242 e. The van der Waals surface area contributed by atoms with Gasteiger partial charge in [0.1, 0.15) is 5.54 Å². The Kier molecular flexibility index (Phi) is 2.73. The molecular formula is C11H20N2O2. The van der Waals surface area contributed by atoms with Crippen LogP contribution in [0.1, 0.15) is 25.7 Å². The Bertz CT molecular complexity index is 259. The SMILES string of the molecule is CN1CCN(C)[C@]2(CC[C@@H](O)CC2)C1=O. The lowest BCUT2D eigenvalue weighted by molar-refractivity contribution is -0.152. The van der Waals surface area contributed by atoms with Crippen molar-refractivity contribution >= 4 is 5.91 Å². The Balaban J connectivity index is 2.19. The van der Waals surface area contributed by atoms with E-state index < -0.39 is 0 Å². The summed E-state index contributed by atoms with van der Waals surface area (Å²) in [5.74, 6) is 0.239. The van der Waals surface area contributed by atoms with Gasteiger partial charge in [0, 0.05) is 20.1 Å². The minimum absolute atomic E-state index is 0.205. The molecular weight excluding hydrogens is 192 g/mol. The number of amides is 1. The molecule has 2 aliphatic rings. The smallest absolute Gasteiger partial charge is 0.242 e. The van der Waals surface area contributed by atoms with Gasteiger partial charge in [-0.3, -0.25) is 9.69 Å². The quantitative estimate of drug-likeness (QED) is 0.617. The van der Waals surface area contributed by atoms with E-state index in [0.717, 1.165) is 38.8 Å². The molecule has 4 heteroatoms. The van der Waals surface area contributed by atoms with Crippen LogP contribution in [0.4, 0.5) is 0 Å². The summed E-state index contributed by atoms with van der Waals surface area (Å²) in [7, 11) is 3.91. The lowest BCUT2D eigenvalue weighted by Gasteiger charge is -2.49. The number of likely N-dealkylation sites (N-methyl/N-ethyl adjacent to an activating group) is 2. The largest absolute Gasteiger partial charge is 0.393 e. The predicted octanol–water partition coefficient (Wildman–Crippen LogP) is 0.0639. The summed E-state index contributed by atoms with van der Waals surface area (Å²) in [6, 6.07) is 0. The number of carbonyl (C=O) groups excluding carboxylic acids is 1. The molecule has 1 spiro atoms. The molecule has 1 aliphatic carbocycles. The Labute approximate surface area is 90.9 Å². The minimum atomic E-state index is -0.313. The van der Waals surface area contributed by atoms with Crippen molar-refractivity contribution in [2.24, 2.45) is 0 Å². The first-order chi connectivity index (χ1) is 7.06. The molecule has 0 aromatic carbocycles. The summed E-state index contributed by atoms with van der Waals surface area (Å²) in [4.78, 5) is 16.2. The summed E-state index contributed by atoms with van der Waals surface area (Å²) in [6.45, 7) is 1.76. The molecule has 1 heterocycles. The predicted molar refractivity (Wildman–Crippen MR) is 57.5 cm³/mol. The normalized spacial score (nSPS) is 38.7. The maximum absolute atomic E-state index is 12.2. The van der Waals surface area contributed by atoms with E-state index in [9.17, 15) is 9.90 Å². The lowest BCUT2D eigenvalue weighted by atomic mass is 9.77. The van der Waals surface area contributed by atoms with Gasteiger partial charge in [0.25, 0.3) is 0 Å². The van der Waals surface area contributed by atoms with Crippen molar-refractivity contribution in [1.82, 2.24) is 9.80 Å². The van der Waals surface area contributed by atoms with Crippen molar-refractivity contribution in [2.45, 2.75) is 37.3 Å². The van der Waals surface area contributed by atoms with E-state index in [1.54, 1.807) is 0 Å². The molecule has 15 heavy (non-hydrogen) atoms. The Morgan fingerprint density at radius 2 is 1.87 bits per heavy atom. The number of piperazine rings is 1. The van der Waals surface area contributed by atoms with Crippen LogP contribution < -0.4 is 0 Å². The first-order valence-electron chi connectivity index (χ1n) is 5.71. The van der Waals surface area contributed by atoms with Gasteiger partial charge < -0.3 is 10.0 Å². The second-order valence-corrected chi connectivity index (χ2v) is 4.91. The van der Waals surface area contributed by atoms with Crippen LogP contribution in [0, 0.1) is 0 Å². The van der Waals surface area contributed by atoms with Gasteiger partial charge in [-0.05, 0) is 32.7 Å². The van der Waals surface area contributed by atoms with Crippen LogP contribution in [0.3, 0.4) is 0 Å². The van der Waals surface area contributed by atoms with Gasteiger partial charge >= 0.3 is 0 Å². The second kappa shape index (κ2) is 3.76. The summed E-state index contributed by atoms with van der Waals surface area (Å²) >= 11 is 0. The van der Waals surface area contributed by atoms with Crippen molar-refractivity contribution in [3.05, 3.63) is 0 Å². The van der Waals surface area contributed by atoms with Gasteiger partial charge in [0.2, 0.25) is 5.91 Å². The lowest BCUT2D eigenvalue weighted by Crippen LogP contribution is -2.65. The third kappa shape index (κ3) is 1.66. The Hall–Kier alpha value is -0.610. The van der Waals surface area contributed by atoms with Crippen molar-refractivity contribution in [1.29, 1.82) is 0 Å². The van der Waals surface area contributed by atoms with E-state index in [2.05, 4.69) is 4.90 Å². The van der Waals surface area contributed by atoms with Crippen molar-refractivity contribution in [3.8, 4) is 0 Å². The molecule has 1 amide bonds. The van der Waals surface area contributed by atoms with Crippen LogP contribution in [-0.4, -0.2) is 59.6 Å². The average molecular weight is 212 g/mol. The van der Waals surface area contributed by atoms with Crippen molar-refractivity contribution in [3.63, 3.8) is 0 Å². The van der Waals surface area contributed by atoms with Gasteiger partial charge in [0.05, 0.1) is 6.10 Å². The molecule has 1 N–H and O–H groups in total. The number of aliphatic hydroxyl groups excluding tert-OH is 1. The molecule has 1 saturated carbocycles. The zero-order chi connectivity index (χ0) is 11.1. The summed E-state index contributed by atoms with van der Waals surface area (Å²) in [5.41, 5.74) is -0.313. The summed E-state index contributed by atoms with van der Waals surface area (Å²) < 4.78 is 0. The first kappa shape index (κ1) is 10.9. The number of hydrogen-bond acceptors (Lipinski definition) is 3. The van der Waals surface area contributed by atoms with E-state index in [4.69, 9.17) is 0 Å². The summed E-state index contributed by atoms with van der Waals surface area (Å²) in [6.07, 6.45) is 2.90. The molecule has 1 aliphatic heterocycles. The molecule has 1 saturated heterocycles. The third-order valence-corrected chi connectivity index (χ3v) is 4.03. The highest BCUT2D eigenvalue weighted by Crippen LogP contribution is 2.36. The molecule has 0 bridgehead atoms. The number of aliphatic hydroxyl groups is 1. The number of rotatable bonds is 0. The van der Waals surface area contributed by atoms with Crippen LogP contribution in [0.15, 0.2) is 0 Å². The van der Waals surface area contributed by atoms with E-state index in [-0.39, 0.29) is 17.6 Å². The van der Waals surface area contributed by atoms with Gasteiger partial charge in [-0.1, -0.05) is 0 Å². The number of hydrogen-bond donors (Lipinski definition) is 1. The molecule has 0 atom stereocenters. The van der Waals surface area contributed by atoms with E-state index in [1.165, 1.54) is 0 Å². The standard InChI is InChI=1S/C11H20N2O2/c1-12-7-8-13(2)11(10(12)15)5-3-9(14)4-6-11/h9,14H,3-8H2,1-2H3/t9-,11+. The second-order valence-electron chi connectivity index (χ2n) is 4.91. The van der Waals surface area contributed by atoms with E-state index in [0.29, 0.717) is 0 Å². The number of carbonyl (C=O) groups is 1. The van der Waals surface area contributed by atoms with E-state index >= 15 is 0 Å². The average Bonchev–Trinajstić information content (AvgIpc) is 2.24. The molecule has 0 aromatic heterocycles. The van der Waals surface area contributed by atoms with Crippen LogP contribution in [0.2, 0.25) is 0 Å². The first-order valence-corrected chi connectivity index (χ1v) is 5.71. The van der Waals surface area contributed by atoms with Gasteiger partial charge in [-0.15, -0.1) is 0 Å². The Morgan fingerprint density at radius 1 is 1.27 bits per heavy atom. The molecule has 0 unspecified atom stereocenters. The van der Waals surface area contributed by atoms with Crippen LogP contribution in [-0.2, 0) is 4.79 Å². The molecule has 0 aromatic rings. The van der Waals surface area contributed by atoms with Crippen molar-refractivity contribution in [2.75, 3.05) is 27.2 Å².